The maximum Gasteiger partial charge on any atom is 0.186 e. The van der Waals surface area contributed by atoms with Crippen LogP contribution in [-0.4, -0.2) is 11.6 Å². The summed E-state index contributed by atoms with van der Waals surface area (Å²) in [4.78, 5) is 26.3. The molecule has 6 heteroatoms. The van der Waals surface area contributed by atoms with E-state index in [4.69, 9.17) is 0 Å². The Bertz CT molecular complexity index is 1640. The molecule has 0 bridgehead atoms. The summed E-state index contributed by atoms with van der Waals surface area (Å²) in [6.07, 6.45) is 12.0. The molecule has 2 aromatic rings. The zero-order valence-electron chi connectivity index (χ0n) is 31.4. The Labute approximate surface area is 293 Å². The molecule has 4 rings (SSSR count). The van der Waals surface area contributed by atoms with Crippen LogP contribution >= 0.6 is 0 Å². The molecule has 0 heterocycles. The number of carbonyl (C=O) groups excluding carboxylic acids is 2. The minimum atomic E-state index is -0.266. The molecule has 0 fully saturated rings. The van der Waals surface area contributed by atoms with Crippen molar-refractivity contribution in [1.29, 1.82) is 0 Å². The van der Waals surface area contributed by atoms with Gasteiger partial charge in [-0.05, 0) is 98.9 Å². The summed E-state index contributed by atoms with van der Waals surface area (Å²) < 4.78 is 0. The first-order chi connectivity index (χ1) is 22.6. The SMILES string of the molecule is CC(C)(C)C1=CC(=CN=Nc2ccc(Cc3ccc(N=NC=C4C=C(C(C)(C)C)C(=O)C(C(C)(C)C)=C4)cc3)cc2)C=C(C(C)(C)C)C1=O. The highest BCUT2D eigenvalue weighted by atomic mass is 16.1. The van der Waals surface area contributed by atoms with Crippen LogP contribution in [0.15, 0.2) is 139 Å². The lowest BCUT2D eigenvalue weighted by Gasteiger charge is -2.31. The molecular formula is C43H52N4O2. The highest BCUT2D eigenvalue weighted by Gasteiger charge is 2.35. The summed E-state index contributed by atoms with van der Waals surface area (Å²) in [6.45, 7) is 24.7. The fourth-order valence-electron chi connectivity index (χ4n) is 5.60. The highest BCUT2D eigenvalue weighted by molar-refractivity contribution is 6.12. The van der Waals surface area contributed by atoms with Crippen molar-refractivity contribution in [3.8, 4) is 0 Å². The van der Waals surface area contributed by atoms with Gasteiger partial charge in [-0.1, -0.05) is 107 Å². The zero-order valence-corrected chi connectivity index (χ0v) is 31.4. The number of nitrogens with zero attached hydrogens (tertiary/aromatic N) is 4. The molecule has 0 N–H and O–H groups in total. The second kappa shape index (κ2) is 14.1. The number of azo groups is 2. The van der Waals surface area contributed by atoms with Crippen LogP contribution in [0.4, 0.5) is 11.4 Å². The molecule has 0 aromatic heterocycles. The average molecular weight is 657 g/mol. The Balaban J connectivity index is 1.42. The highest BCUT2D eigenvalue weighted by Crippen LogP contribution is 2.40. The van der Waals surface area contributed by atoms with E-state index < -0.39 is 0 Å². The maximum absolute atomic E-state index is 13.2. The van der Waals surface area contributed by atoms with E-state index in [1.807, 2.05) is 48.6 Å². The van der Waals surface area contributed by atoms with E-state index in [1.165, 1.54) is 0 Å². The van der Waals surface area contributed by atoms with Crippen molar-refractivity contribution >= 4 is 22.9 Å². The normalized spacial score (nSPS) is 16.6. The monoisotopic (exact) mass is 656 g/mol. The predicted molar refractivity (Wildman–Crippen MR) is 201 cm³/mol. The van der Waals surface area contributed by atoms with Gasteiger partial charge in [-0.3, -0.25) is 9.59 Å². The lowest BCUT2D eigenvalue weighted by atomic mass is 9.72. The number of ketones is 2. The fourth-order valence-corrected chi connectivity index (χ4v) is 5.60. The number of hydrogen-bond donors (Lipinski definition) is 0. The van der Waals surface area contributed by atoms with Crippen LogP contribution in [-0.2, 0) is 16.0 Å². The van der Waals surface area contributed by atoms with Crippen molar-refractivity contribution in [1.82, 2.24) is 0 Å². The van der Waals surface area contributed by atoms with Crippen LogP contribution < -0.4 is 0 Å². The molecule has 2 aliphatic rings. The lowest BCUT2D eigenvalue weighted by molar-refractivity contribution is -0.114. The molecule has 0 saturated heterocycles. The van der Waals surface area contributed by atoms with Crippen LogP contribution in [0.2, 0.25) is 0 Å². The molecule has 0 saturated carbocycles. The lowest BCUT2D eigenvalue weighted by Crippen LogP contribution is -2.27. The largest absolute Gasteiger partial charge is 0.289 e. The predicted octanol–water partition coefficient (Wildman–Crippen LogP) is 12.3. The van der Waals surface area contributed by atoms with E-state index in [-0.39, 0.29) is 33.2 Å². The van der Waals surface area contributed by atoms with Gasteiger partial charge in [0, 0.05) is 22.3 Å². The summed E-state index contributed by atoms with van der Waals surface area (Å²) in [6, 6.07) is 16.1. The Morgan fingerprint density at radius 3 is 0.959 bits per heavy atom. The third-order valence-electron chi connectivity index (χ3n) is 8.50. The van der Waals surface area contributed by atoms with Crippen molar-refractivity contribution in [3.63, 3.8) is 0 Å². The van der Waals surface area contributed by atoms with Crippen molar-refractivity contribution in [2.75, 3.05) is 0 Å². The molecule has 0 atom stereocenters. The molecule has 0 aliphatic heterocycles. The second-order valence-electron chi connectivity index (χ2n) is 17.1. The van der Waals surface area contributed by atoms with E-state index in [9.17, 15) is 9.59 Å². The number of benzene rings is 2. The van der Waals surface area contributed by atoms with Gasteiger partial charge in [0.2, 0.25) is 0 Å². The van der Waals surface area contributed by atoms with Gasteiger partial charge in [0.25, 0.3) is 0 Å². The fraction of sp³-hybridized carbons (Fsp3) is 0.395. The summed E-state index contributed by atoms with van der Waals surface area (Å²) in [7, 11) is 0. The topological polar surface area (TPSA) is 83.6 Å². The van der Waals surface area contributed by atoms with E-state index in [0.717, 1.165) is 62.4 Å². The second-order valence-corrected chi connectivity index (χ2v) is 17.1. The molecule has 256 valence electrons. The number of allylic oxidation sites excluding steroid dienone is 10. The first-order valence-corrected chi connectivity index (χ1v) is 17.0. The molecule has 2 aromatic carbocycles. The Morgan fingerprint density at radius 2 is 0.714 bits per heavy atom. The number of carbonyl (C=O) groups is 2. The standard InChI is InChI=1S/C43H52N4O2/c1-40(2,3)34-22-30(23-35(38(34)48)41(4,5)6)26-44-46-32-17-13-28(14-18-32)21-29-15-19-33(20-16-29)47-45-27-31-24-36(42(7,8)9)39(49)37(25-31)43(10,11)12/h13-20,22-27H,21H2,1-12H3. The third kappa shape index (κ3) is 9.75. The zero-order chi connectivity index (χ0) is 36.4. The Kier molecular flexibility index (Phi) is 10.7. The number of hydrogen-bond acceptors (Lipinski definition) is 6. The van der Waals surface area contributed by atoms with Crippen molar-refractivity contribution < 1.29 is 9.59 Å². The van der Waals surface area contributed by atoms with E-state index in [1.54, 1.807) is 12.4 Å². The minimum Gasteiger partial charge on any atom is -0.289 e. The van der Waals surface area contributed by atoms with Crippen molar-refractivity contribution in [2.45, 2.75) is 89.5 Å². The van der Waals surface area contributed by atoms with Gasteiger partial charge in [-0.25, -0.2) is 0 Å². The van der Waals surface area contributed by atoms with Gasteiger partial charge in [-0.15, -0.1) is 0 Å². The average Bonchev–Trinajstić information content (AvgIpc) is 2.98. The molecule has 49 heavy (non-hydrogen) atoms. The molecule has 6 nitrogen and oxygen atoms in total. The Morgan fingerprint density at radius 1 is 0.449 bits per heavy atom. The quantitative estimate of drug-likeness (QED) is 0.290. The van der Waals surface area contributed by atoms with Crippen LogP contribution in [0.1, 0.15) is 94.2 Å². The van der Waals surface area contributed by atoms with Gasteiger partial charge >= 0.3 is 0 Å². The molecule has 0 spiro atoms. The van der Waals surface area contributed by atoms with Crippen molar-refractivity contribution in [2.24, 2.45) is 42.1 Å². The summed E-state index contributed by atoms with van der Waals surface area (Å²) >= 11 is 0. The van der Waals surface area contributed by atoms with E-state index >= 15 is 0 Å². The first-order valence-electron chi connectivity index (χ1n) is 17.0. The van der Waals surface area contributed by atoms with E-state index in [2.05, 4.69) is 128 Å². The molecule has 0 unspecified atom stereocenters. The Hall–Kier alpha value is -4.58. The molecule has 0 amide bonds. The smallest absolute Gasteiger partial charge is 0.186 e. The molecule has 2 aliphatic carbocycles. The molecular weight excluding hydrogens is 604 g/mol. The maximum atomic E-state index is 13.2. The number of rotatable bonds is 6. The van der Waals surface area contributed by atoms with Crippen LogP contribution in [0.5, 0.6) is 0 Å². The van der Waals surface area contributed by atoms with Gasteiger partial charge in [-0.2, -0.15) is 20.5 Å². The number of Topliss-reactive ketones (excluding diaryl/α,β-unsaturated/α-hetero) is 2. The third-order valence-corrected chi connectivity index (χ3v) is 8.50. The summed E-state index contributed by atoms with van der Waals surface area (Å²) in [5, 5.41) is 17.5. The summed E-state index contributed by atoms with van der Waals surface area (Å²) in [5.74, 6) is 0.214. The summed E-state index contributed by atoms with van der Waals surface area (Å²) in [5.41, 5.74) is 7.67. The van der Waals surface area contributed by atoms with Gasteiger partial charge in [0.05, 0.1) is 23.8 Å². The van der Waals surface area contributed by atoms with Crippen LogP contribution in [0.25, 0.3) is 0 Å². The molecule has 0 radical (unpaired) electrons. The van der Waals surface area contributed by atoms with Gasteiger partial charge < -0.3 is 0 Å². The van der Waals surface area contributed by atoms with Crippen LogP contribution in [0.3, 0.4) is 0 Å². The first kappa shape index (κ1) is 37.2. The minimum absolute atomic E-state index is 0.107. The van der Waals surface area contributed by atoms with E-state index in [0.29, 0.717) is 0 Å². The van der Waals surface area contributed by atoms with Crippen LogP contribution in [0, 0.1) is 21.7 Å². The van der Waals surface area contributed by atoms with Crippen molar-refractivity contribution in [3.05, 3.63) is 130 Å². The van der Waals surface area contributed by atoms with Gasteiger partial charge in [0.1, 0.15) is 0 Å². The van der Waals surface area contributed by atoms with Gasteiger partial charge in [0.15, 0.2) is 11.6 Å².